The highest BCUT2D eigenvalue weighted by Crippen LogP contribution is 2.44. The molecule has 39 heavy (non-hydrogen) atoms. The molecule has 13 heteroatoms. The molecule has 1 unspecified atom stereocenters. The Balaban J connectivity index is 2.08. The highest BCUT2D eigenvalue weighted by atomic mass is 28.4. The van der Waals surface area contributed by atoms with E-state index >= 15 is 0 Å². The van der Waals surface area contributed by atoms with Crippen molar-refractivity contribution < 1.29 is 23.1 Å². The molecule has 0 bridgehead atoms. The third-order valence-corrected chi connectivity index (χ3v) is 17.3. The van der Waals surface area contributed by atoms with E-state index in [1.54, 1.807) is 11.2 Å². The number of aromatic nitrogens is 4. The Morgan fingerprint density at radius 3 is 2.21 bits per heavy atom. The van der Waals surface area contributed by atoms with Gasteiger partial charge in [0.05, 0.1) is 19.5 Å². The minimum atomic E-state index is -2.35. The Labute approximate surface area is 235 Å². The van der Waals surface area contributed by atoms with Gasteiger partial charge in [-0.3, -0.25) is 14.3 Å². The number of imidazole rings is 1. The lowest BCUT2D eigenvalue weighted by Crippen LogP contribution is -2.51. The number of fused-ring (bicyclic) bond motifs is 1. The van der Waals surface area contributed by atoms with E-state index in [0.29, 0.717) is 11.2 Å². The predicted octanol–water partition coefficient (Wildman–Crippen LogP) is 4.19. The summed E-state index contributed by atoms with van der Waals surface area (Å²) in [5, 5.41) is -0.0801. The van der Waals surface area contributed by atoms with Gasteiger partial charge in [0.25, 0.3) is 0 Å². The molecule has 0 aliphatic carbocycles. The molecule has 0 spiro atoms. The standard InChI is InChI=1S/C26H48N6O5Si2/c1-25(2,3)38(9,10)34-14-17-20(36-18(33)13-31(7)8)21(37-39(11,12)26(4,5)6)24(35-17)32-16-30-19-22(27)28-15-29-23(19)32/h15-17,20-21,24H,13-14H2,1-12H3,(H2,27,28,29)/t17-,20?,21+,24-/m1/s1. The monoisotopic (exact) mass is 580 g/mol. The van der Waals surface area contributed by atoms with Crippen LogP contribution in [-0.4, -0.2) is 92.6 Å². The van der Waals surface area contributed by atoms with Crippen LogP contribution in [0.4, 0.5) is 5.82 Å². The largest absolute Gasteiger partial charge is 0.456 e. The Bertz CT molecular complexity index is 1160. The summed E-state index contributed by atoms with van der Waals surface area (Å²) in [6.45, 7) is 22.3. The molecule has 1 saturated heterocycles. The molecular weight excluding hydrogens is 532 g/mol. The number of carbonyl (C=O) groups excluding carboxylic acids is 1. The van der Waals surface area contributed by atoms with Crippen molar-refractivity contribution >= 4 is 39.6 Å². The number of nitrogens with zero attached hydrogens (tertiary/aromatic N) is 5. The second-order valence-corrected chi connectivity index (χ2v) is 23.3. The van der Waals surface area contributed by atoms with Crippen LogP contribution in [0.2, 0.25) is 36.3 Å². The Morgan fingerprint density at radius 2 is 1.64 bits per heavy atom. The first-order chi connectivity index (χ1) is 17.7. The molecule has 1 aliphatic rings. The molecule has 0 aromatic carbocycles. The molecule has 11 nitrogen and oxygen atoms in total. The molecule has 3 heterocycles. The van der Waals surface area contributed by atoms with Crippen molar-refractivity contribution in [2.75, 3.05) is 33.0 Å². The second kappa shape index (κ2) is 11.2. The highest BCUT2D eigenvalue weighted by Gasteiger charge is 2.54. The quantitative estimate of drug-likeness (QED) is 0.341. The van der Waals surface area contributed by atoms with E-state index in [-0.39, 0.29) is 35.0 Å². The minimum Gasteiger partial charge on any atom is -0.456 e. The molecular formula is C26H48N6O5Si2. The summed E-state index contributed by atoms with van der Waals surface area (Å²) in [5.74, 6) is -0.0668. The van der Waals surface area contributed by atoms with Crippen LogP contribution in [0.1, 0.15) is 47.8 Å². The van der Waals surface area contributed by atoms with Crippen LogP contribution in [0.25, 0.3) is 11.2 Å². The van der Waals surface area contributed by atoms with Gasteiger partial charge in [-0.2, -0.15) is 0 Å². The normalized spacial score (nSPS) is 23.1. The number of nitrogens with two attached hydrogens (primary N) is 1. The zero-order chi connectivity index (χ0) is 29.6. The molecule has 0 amide bonds. The van der Waals surface area contributed by atoms with Crippen molar-refractivity contribution in [1.82, 2.24) is 24.4 Å². The van der Waals surface area contributed by atoms with Gasteiger partial charge >= 0.3 is 5.97 Å². The lowest BCUT2D eigenvalue weighted by molar-refractivity contribution is -0.156. The topological polar surface area (TPSA) is 127 Å². The highest BCUT2D eigenvalue weighted by molar-refractivity contribution is 6.74. The fourth-order valence-electron chi connectivity index (χ4n) is 3.86. The van der Waals surface area contributed by atoms with Gasteiger partial charge in [0.1, 0.15) is 24.1 Å². The summed E-state index contributed by atoms with van der Waals surface area (Å²) in [5.41, 5.74) is 7.09. The maximum absolute atomic E-state index is 13.0. The maximum atomic E-state index is 13.0. The maximum Gasteiger partial charge on any atom is 0.320 e. The molecule has 1 fully saturated rings. The van der Waals surface area contributed by atoms with E-state index in [9.17, 15) is 4.79 Å². The number of esters is 1. The molecule has 0 radical (unpaired) electrons. The van der Waals surface area contributed by atoms with E-state index in [4.69, 9.17) is 24.1 Å². The van der Waals surface area contributed by atoms with Gasteiger partial charge in [0.2, 0.25) is 0 Å². The summed E-state index contributed by atoms with van der Waals surface area (Å²) in [7, 11) is -0.811. The minimum absolute atomic E-state index is 0.00807. The Hall–Kier alpha value is -1.91. The molecule has 2 aromatic rings. The second-order valence-electron chi connectivity index (χ2n) is 13.8. The van der Waals surface area contributed by atoms with E-state index in [1.807, 2.05) is 18.7 Å². The van der Waals surface area contributed by atoms with Crippen molar-refractivity contribution in [3.05, 3.63) is 12.7 Å². The first-order valence-electron chi connectivity index (χ1n) is 13.5. The van der Waals surface area contributed by atoms with Crippen molar-refractivity contribution in [3.8, 4) is 0 Å². The molecule has 4 atom stereocenters. The van der Waals surface area contributed by atoms with Crippen molar-refractivity contribution in [2.24, 2.45) is 0 Å². The third kappa shape index (κ3) is 6.88. The van der Waals surface area contributed by atoms with Crippen molar-refractivity contribution in [1.29, 1.82) is 0 Å². The summed E-state index contributed by atoms with van der Waals surface area (Å²) < 4.78 is 28.2. The van der Waals surface area contributed by atoms with Gasteiger partial charge in [-0.1, -0.05) is 41.5 Å². The number of rotatable bonds is 9. The van der Waals surface area contributed by atoms with Crippen molar-refractivity contribution in [2.45, 2.75) is 102 Å². The van der Waals surface area contributed by atoms with Crippen LogP contribution >= 0.6 is 0 Å². The molecule has 1 aliphatic heterocycles. The summed E-state index contributed by atoms with van der Waals surface area (Å²) in [6.07, 6.45) is 0.515. The van der Waals surface area contributed by atoms with E-state index < -0.39 is 41.2 Å². The summed E-state index contributed by atoms with van der Waals surface area (Å²) in [6, 6.07) is 0. The SMILES string of the molecule is CN(C)CC(=O)OC1[C@@H](CO[Si](C)(C)C(C)(C)C)O[C@@H](n2cnc3c(N)ncnc32)[C@H]1O[Si](C)(C)C(C)(C)C. The number of nitrogen functional groups attached to an aromatic ring is 1. The first-order valence-corrected chi connectivity index (χ1v) is 19.3. The van der Waals surface area contributed by atoms with E-state index in [0.717, 1.165) is 0 Å². The van der Waals surface area contributed by atoms with Gasteiger partial charge in [-0.15, -0.1) is 0 Å². The molecule has 2 N–H and O–H groups in total. The number of likely N-dealkylation sites (N-methyl/N-ethyl adjacent to an activating group) is 1. The number of hydrogen-bond donors (Lipinski definition) is 1. The summed E-state index contributed by atoms with van der Waals surface area (Å²) in [4.78, 5) is 27.8. The van der Waals surface area contributed by atoms with E-state index in [2.05, 4.69) is 82.7 Å². The zero-order valence-electron chi connectivity index (χ0n) is 25.7. The molecule has 0 saturated carbocycles. The fourth-order valence-corrected chi connectivity index (χ4v) is 6.16. The number of hydrogen-bond acceptors (Lipinski definition) is 10. The van der Waals surface area contributed by atoms with Gasteiger partial charge in [-0.25, -0.2) is 15.0 Å². The van der Waals surface area contributed by atoms with Crippen LogP contribution in [0.5, 0.6) is 0 Å². The third-order valence-electron chi connectivity index (χ3n) is 8.31. The van der Waals surface area contributed by atoms with Crippen LogP contribution < -0.4 is 5.73 Å². The predicted molar refractivity (Wildman–Crippen MR) is 157 cm³/mol. The van der Waals surface area contributed by atoms with Crippen LogP contribution in [-0.2, 0) is 23.1 Å². The van der Waals surface area contributed by atoms with Gasteiger partial charge in [0.15, 0.2) is 40.4 Å². The Morgan fingerprint density at radius 1 is 1.03 bits per heavy atom. The number of anilines is 1. The average molecular weight is 581 g/mol. The molecule has 220 valence electrons. The Kier molecular flexibility index (Phi) is 9.05. The number of carbonyl (C=O) groups is 1. The van der Waals surface area contributed by atoms with Gasteiger partial charge in [0, 0.05) is 0 Å². The van der Waals surface area contributed by atoms with E-state index in [1.165, 1.54) is 6.33 Å². The molecule has 3 rings (SSSR count). The van der Waals surface area contributed by atoms with Gasteiger partial charge in [-0.05, 0) is 50.4 Å². The van der Waals surface area contributed by atoms with Crippen LogP contribution in [0.15, 0.2) is 12.7 Å². The van der Waals surface area contributed by atoms with Crippen molar-refractivity contribution in [3.63, 3.8) is 0 Å². The number of ether oxygens (including phenoxy) is 2. The smallest absolute Gasteiger partial charge is 0.320 e. The lowest BCUT2D eigenvalue weighted by Gasteiger charge is -2.40. The van der Waals surface area contributed by atoms with Crippen LogP contribution in [0.3, 0.4) is 0 Å². The van der Waals surface area contributed by atoms with Gasteiger partial charge < -0.3 is 24.1 Å². The fraction of sp³-hybridized carbons (Fsp3) is 0.769. The molecule has 2 aromatic heterocycles. The summed E-state index contributed by atoms with van der Waals surface area (Å²) >= 11 is 0. The zero-order valence-corrected chi connectivity index (χ0v) is 27.7. The lowest BCUT2D eigenvalue weighted by atomic mass is 10.1. The average Bonchev–Trinajstić information content (AvgIpc) is 3.33. The first kappa shape index (κ1) is 31.6. The van der Waals surface area contributed by atoms with Crippen LogP contribution in [0, 0.1) is 0 Å².